The minimum atomic E-state index is -0.407. The van der Waals surface area contributed by atoms with Crippen molar-refractivity contribution in [2.75, 3.05) is 51.7 Å². The number of nitrogens with zero attached hydrogens (tertiary/aromatic N) is 2. The zero-order valence-electron chi connectivity index (χ0n) is 28.2. The fraction of sp³-hybridized carbons (Fsp3) is 0.256. The summed E-state index contributed by atoms with van der Waals surface area (Å²) in [4.78, 5) is 33.8. The maximum Gasteiger partial charge on any atom is 0.257 e. The molecule has 6 rings (SSSR count). The SMILES string of the molecule is CCOc1cc2c(cc1OC)CN(CCc1ccc(NC(=O)c3cc(OC)c(OC)cc3NC(=O)c3cnc4ccccc4c3)cc1)CC2. The van der Waals surface area contributed by atoms with Crippen LogP contribution in [0, 0.1) is 0 Å². The Hall–Kier alpha value is -5.61. The highest BCUT2D eigenvalue weighted by Gasteiger charge is 2.21. The molecule has 0 saturated heterocycles. The maximum absolute atomic E-state index is 13.6. The number of hydrogen-bond acceptors (Lipinski definition) is 8. The lowest BCUT2D eigenvalue weighted by atomic mass is 9.98. The van der Waals surface area contributed by atoms with Crippen LogP contribution in [0.25, 0.3) is 10.9 Å². The van der Waals surface area contributed by atoms with E-state index in [2.05, 4.69) is 32.7 Å². The van der Waals surface area contributed by atoms with Gasteiger partial charge < -0.3 is 29.6 Å². The number of ether oxygens (including phenoxy) is 4. The Labute approximate surface area is 286 Å². The summed E-state index contributed by atoms with van der Waals surface area (Å²) in [6.07, 6.45) is 3.34. The lowest BCUT2D eigenvalue weighted by molar-refractivity contribution is 0.102. The van der Waals surface area contributed by atoms with Crippen molar-refractivity contribution in [2.45, 2.75) is 26.3 Å². The van der Waals surface area contributed by atoms with Crippen LogP contribution in [0.5, 0.6) is 23.0 Å². The molecule has 4 aromatic carbocycles. The number of aromatic nitrogens is 1. The number of methoxy groups -OCH3 is 3. The van der Waals surface area contributed by atoms with E-state index in [1.165, 1.54) is 31.5 Å². The third-order valence-corrected chi connectivity index (χ3v) is 8.67. The first-order chi connectivity index (χ1) is 23.9. The Morgan fingerprint density at radius 1 is 0.796 bits per heavy atom. The molecule has 49 heavy (non-hydrogen) atoms. The van der Waals surface area contributed by atoms with E-state index in [-0.39, 0.29) is 11.3 Å². The van der Waals surface area contributed by atoms with Crippen molar-refractivity contribution in [3.05, 3.63) is 113 Å². The van der Waals surface area contributed by atoms with E-state index >= 15 is 0 Å². The molecule has 0 atom stereocenters. The summed E-state index contributed by atoms with van der Waals surface area (Å²) >= 11 is 0. The van der Waals surface area contributed by atoms with Crippen molar-refractivity contribution in [3.8, 4) is 23.0 Å². The molecule has 0 bridgehead atoms. The summed E-state index contributed by atoms with van der Waals surface area (Å²) in [6, 6.07) is 24.5. The maximum atomic E-state index is 13.6. The second-order valence-corrected chi connectivity index (χ2v) is 11.8. The van der Waals surface area contributed by atoms with Crippen molar-refractivity contribution in [2.24, 2.45) is 0 Å². The van der Waals surface area contributed by atoms with E-state index in [4.69, 9.17) is 18.9 Å². The molecule has 1 aliphatic rings. The average molecular weight is 661 g/mol. The monoisotopic (exact) mass is 660 g/mol. The van der Waals surface area contributed by atoms with Gasteiger partial charge in [0.05, 0.1) is 50.3 Å². The van der Waals surface area contributed by atoms with Crippen LogP contribution in [0.1, 0.15) is 44.3 Å². The Morgan fingerprint density at radius 2 is 1.51 bits per heavy atom. The third kappa shape index (κ3) is 7.60. The normalized spacial score (nSPS) is 12.6. The number of para-hydroxylation sites is 1. The van der Waals surface area contributed by atoms with Gasteiger partial charge in [-0.1, -0.05) is 30.3 Å². The van der Waals surface area contributed by atoms with Gasteiger partial charge in [-0.2, -0.15) is 0 Å². The van der Waals surface area contributed by atoms with Crippen molar-refractivity contribution >= 4 is 34.1 Å². The summed E-state index contributed by atoms with van der Waals surface area (Å²) in [5.74, 6) is 1.50. The van der Waals surface area contributed by atoms with Crippen LogP contribution in [0.15, 0.2) is 85.1 Å². The van der Waals surface area contributed by atoms with Gasteiger partial charge in [-0.25, -0.2) is 0 Å². The molecule has 0 spiro atoms. The van der Waals surface area contributed by atoms with Crippen LogP contribution in [-0.4, -0.2) is 62.7 Å². The fourth-order valence-corrected chi connectivity index (χ4v) is 6.04. The van der Waals surface area contributed by atoms with Gasteiger partial charge in [-0.3, -0.25) is 19.5 Å². The van der Waals surface area contributed by atoms with Gasteiger partial charge in [0, 0.05) is 43.0 Å². The summed E-state index contributed by atoms with van der Waals surface area (Å²) in [6.45, 7) is 5.31. The summed E-state index contributed by atoms with van der Waals surface area (Å²) in [7, 11) is 4.67. The van der Waals surface area contributed by atoms with Crippen LogP contribution >= 0.6 is 0 Å². The van der Waals surface area contributed by atoms with Gasteiger partial charge in [0.2, 0.25) is 0 Å². The Kier molecular flexibility index (Phi) is 10.2. The van der Waals surface area contributed by atoms with Crippen molar-refractivity contribution in [1.82, 2.24) is 9.88 Å². The zero-order valence-corrected chi connectivity index (χ0v) is 28.2. The molecule has 2 heterocycles. The number of hydrogen-bond donors (Lipinski definition) is 2. The van der Waals surface area contributed by atoms with Crippen LogP contribution in [0.4, 0.5) is 11.4 Å². The molecular weight excluding hydrogens is 620 g/mol. The van der Waals surface area contributed by atoms with E-state index in [1.807, 2.05) is 55.5 Å². The Bertz CT molecular complexity index is 1980. The number of pyridine rings is 1. The number of carbonyl (C=O) groups is 2. The number of nitrogens with one attached hydrogen (secondary N) is 2. The highest BCUT2D eigenvalue weighted by molar-refractivity contribution is 6.13. The molecule has 0 saturated carbocycles. The van der Waals surface area contributed by atoms with Gasteiger partial charge in [0.25, 0.3) is 11.8 Å². The predicted octanol–water partition coefficient (Wildman–Crippen LogP) is 6.76. The molecule has 2 N–H and O–H groups in total. The smallest absolute Gasteiger partial charge is 0.257 e. The topological polar surface area (TPSA) is 111 Å². The number of fused-ring (bicyclic) bond motifs is 2. The minimum absolute atomic E-state index is 0.221. The number of anilines is 2. The van der Waals surface area contributed by atoms with Crippen LogP contribution < -0.4 is 29.6 Å². The second-order valence-electron chi connectivity index (χ2n) is 11.8. The van der Waals surface area contributed by atoms with Gasteiger partial charge in [0.15, 0.2) is 23.0 Å². The summed E-state index contributed by atoms with van der Waals surface area (Å²) in [5.41, 5.74) is 6.01. The van der Waals surface area contributed by atoms with Gasteiger partial charge in [-0.15, -0.1) is 0 Å². The lowest BCUT2D eigenvalue weighted by Crippen LogP contribution is -2.32. The van der Waals surface area contributed by atoms with Crippen molar-refractivity contribution < 1.29 is 28.5 Å². The number of amides is 2. The van der Waals surface area contributed by atoms with E-state index in [0.717, 1.165) is 60.4 Å². The third-order valence-electron chi connectivity index (χ3n) is 8.67. The van der Waals surface area contributed by atoms with Gasteiger partial charge >= 0.3 is 0 Å². The van der Waals surface area contributed by atoms with Gasteiger partial charge in [0.1, 0.15) is 0 Å². The van der Waals surface area contributed by atoms with E-state index in [1.54, 1.807) is 25.3 Å². The molecule has 2 amide bonds. The standard InChI is InChI=1S/C39H40N4O6/c1-5-49-37-19-26-15-17-43(24-29(26)20-34(37)46-2)16-14-25-10-12-30(13-11-25)41-39(45)31-21-35(47-3)36(48-4)22-33(31)42-38(44)28-18-27-8-6-7-9-32(27)40-23-28/h6-13,18-23H,5,14-17,24H2,1-4H3,(H,41,45)(H,42,44). The Balaban J connectivity index is 1.12. The molecule has 252 valence electrons. The van der Waals surface area contributed by atoms with E-state index in [9.17, 15) is 9.59 Å². The molecule has 1 aliphatic heterocycles. The fourth-order valence-electron chi connectivity index (χ4n) is 6.04. The molecule has 10 heteroatoms. The molecular formula is C39H40N4O6. The highest BCUT2D eigenvalue weighted by Crippen LogP contribution is 2.35. The first-order valence-corrected chi connectivity index (χ1v) is 16.3. The van der Waals surface area contributed by atoms with Gasteiger partial charge in [-0.05, 0) is 78.9 Å². The zero-order chi connectivity index (χ0) is 34.3. The highest BCUT2D eigenvalue weighted by atomic mass is 16.5. The minimum Gasteiger partial charge on any atom is -0.493 e. The molecule has 5 aromatic rings. The van der Waals surface area contributed by atoms with Crippen molar-refractivity contribution in [1.29, 1.82) is 0 Å². The number of benzene rings is 4. The molecule has 10 nitrogen and oxygen atoms in total. The van der Waals surface area contributed by atoms with Crippen LogP contribution in [0.2, 0.25) is 0 Å². The molecule has 0 fully saturated rings. The molecule has 1 aromatic heterocycles. The number of rotatable bonds is 12. The predicted molar refractivity (Wildman–Crippen MR) is 190 cm³/mol. The molecule has 0 aliphatic carbocycles. The van der Waals surface area contributed by atoms with Crippen LogP contribution in [0.3, 0.4) is 0 Å². The quantitative estimate of drug-likeness (QED) is 0.151. The van der Waals surface area contributed by atoms with E-state index in [0.29, 0.717) is 29.4 Å². The first-order valence-electron chi connectivity index (χ1n) is 16.3. The average Bonchev–Trinajstić information content (AvgIpc) is 3.13. The van der Waals surface area contributed by atoms with Crippen LogP contribution in [-0.2, 0) is 19.4 Å². The summed E-state index contributed by atoms with van der Waals surface area (Å²) < 4.78 is 22.3. The largest absolute Gasteiger partial charge is 0.493 e. The van der Waals surface area contributed by atoms with E-state index < -0.39 is 11.8 Å². The summed E-state index contributed by atoms with van der Waals surface area (Å²) in [5, 5.41) is 6.67. The Morgan fingerprint density at radius 3 is 2.27 bits per heavy atom. The molecule has 0 radical (unpaired) electrons. The molecule has 0 unspecified atom stereocenters. The first kappa shape index (κ1) is 33.3. The lowest BCUT2D eigenvalue weighted by Gasteiger charge is -2.29. The second kappa shape index (κ2) is 15.1. The number of carbonyl (C=O) groups excluding carboxylic acids is 2. The van der Waals surface area contributed by atoms with Crippen molar-refractivity contribution in [3.63, 3.8) is 0 Å².